The van der Waals surface area contributed by atoms with Gasteiger partial charge in [0.1, 0.15) is 0 Å². The van der Waals surface area contributed by atoms with Crippen LogP contribution in [-0.2, 0) is 9.59 Å². The Morgan fingerprint density at radius 2 is 2.06 bits per heavy atom. The highest BCUT2D eigenvalue weighted by Gasteiger charge is 2.18. The molecule has 0 aromatic rings. The van der Waals surface area contributed by atoms with Gasteiger partial charge in [-0.05, 0) is 5.92 Å². The molecule has 0 bridgehead atoms. The molecule has 6 nitrogen and oxygen atoms in total. The number of amides is 2. The molecule has 0 aliphatic carbocycles. The van der Waals surface area contributed by atoms with Crippen LogP contribution in [0.25, 0.3) is 0 Å². The Labute approximate surface area is 102 Å². The Morgan fingerprint density at radius 3 is 2.53 bits per heavy atom. The third-order valence-electron chi connectivity index (χ3n) is 2.42. The molecule has 0 heterocycles. The maximum Gasteiger partial charge on any atom is 0.241 e. The van der Waals surface area contributed by atoms with Crippen LogP contribution < -0.4 is 11.1 Å². The van der Waals surface area contributed by atoms with E-state index in [0.29, 0.717) is 6.54 Å². The van der Waals surface area contributed by atoms with Gasteiger partial charge in [0, 0.05) is 13.6 Å². The van der Waals surface area contributed by atoms with E-state index >= 15 is 0 Å². The minimum absolute atomic E-state index is 0.0291. The Kier molecular flexibility index (Phi) is 6.91. The van der Waals surface area contributed by atoms with Crippen molar-refractivity contribution in [2.75, 3.05) is 20.1 Å². The molecule has 6 heteroatoms. The normalized spacial score (nSPS) is 11.8. The van der Waals surface area contributed by atoms with E-state index in [4.69, 9.17) is 11.0 Å². The summed E-state index contributed by atoms with van der Waals surface area (Å²) in [6.07, 6.45) is 0.279. The highest BCUT2D eigenvalue weighted by Crippen LogP contribution is 1.97. The van der Waals surface area contributed by atoms with Gasteiger partial charge in [0.25, 0.3) is 0 Å². The quantitative estimate of drug-likeness (QED) is 0.651. The number of nitriles is 1. The molecule has 0 aromatic heterocycles. The van der Waals surface area contributed by atoms with Gasteiger partial charge in [-0.1, -0.05) is 13.8 Å². The zero-order valence-corrected chi connectivity index (χ0v) is 10.6. The number of hydrogen-bond acceptors (Lipinski definition) is 4. The Bertz CT molecular complexity index is 309. The van der Waals surface area contributed by atoms with Gasteiger partial charge in [0.2, 0.25) is 11.8 Å². The molecule has 0 radical (unpaired) electrons. The highest BCUT2D eigenvalue weighted by molar-refractivity contribution is 5.87. The van der Waals surface area contributed by atoms with E-state index in [1.807, 2.05) is 19.9 Å². The summed E-state index contributed by atoms with van der Waals surface area (Å²) in [5.74, 6) is -0.534. The van der Waals surface area contributed by atoms with Gasteiger partial charge in [0.05, 0.1) is 25.1 Å². The number of hydrogen-bond donors (Lipinski definition) is 2. The molecule has 96 valence electrons. The lowest BCUT2D eigenvalue weighted by Gasteiger charge is -2.18. The molecule has 17 heavy (non-hydrogen) atoms. The van der Waals surface area contributed by atoms with Crippen molar-refractivity contribution >= 4 is 11.8 Å². The van der Waals surface area contributed by atoms with Crippen molar-refractivity contribution < 1.29 is 9.59 Å². The maximum absolute atomic E-state index is 11.5. The van der Waals surface area contributed by atoms with E-state index in [2.05, 4.69) is 5.32 Å². The smallest absolute Gasteiger partial charge is 0.241 e. The first kappa shape index (κ1) is 15.4. The molecule has 0 aliphatic heterocycles. The van der Waals surface area contributed by atoms with Crippen molar-refractivity contribution in [1.82, 2.24) is 10.2 Å². The Balaban J connectivity index is 4.00. The molecule has 3 N–H and O–H groups in total. The fourth-order valence-electron chi connectivity index (χ4n) is 1.06. The average molecular weight is 240 g/mol. The number of carbonyl (C=O) groups excluding carboxylic acids is 2. The lowest BCUT2D eigenvalue weighted by atomic mass is 10.1. The third kappa shape index (κ3) is 5.88. The number of likely N-dealkylation sites (N-methyl/N-ethyl adjacent to an activating group) is 1. The predicted octanol–water partition coefficient (Wildman–Crippen LogP) is -0.542. The average Bonchev–Trinajstić information content (AvgIpc) is 2.31. The number of nitrogens with two attached hydrogens (primary N) is 1. The second kappa shape index (κ2) is 7.63. The minimum atomic E-state index is -0.604. The zero-order valence-electron chi connectivity index (χ0n) is 10.6. The van der Waals surface area contributed by atoms with E-state index < -0.39 is 6.04 Å². The first-order chi connectivity index (χ1) is 7.90. The molecule has 0 rings (SSSR count). The second-order valence-electron chi connectivity index (χ2n) is 4.21. The van der Waals surface area contributed by atoms with Gasteiger partial charge in [-0.3, -0.25) is 9.59 Å². The zero-order chi connectivity index (χ0) is 13.4. The summed E-state index contributed by atoms with van der Waals surface area (Å²) in [5, 5.41) is 10.9. The molecule has 0 saturated carbocycles. The van der Waals surface area contributed by atoms with Crippen LogP contribution in [0.1, 0.15) is 20.3 Å². The first-order valence-electron chi connectivity index (χ1n) is 5.54. The van der Waals surface area contributed by atoms with Crippen molar-refractivity contribution in [1.29, 1.82) is 5.26 Å². The molecular weight excluding hydrogens is 220 g/mol. The Morgan fingerprint density at radius 1 is 1.47 bits per heavy atom. The van der Waals surface area contributed by atoms with E-state index in [1.54, 1.807) is 7.05 Å². The largest absolute Gasteiger partial charge is 0.346 e. The first-order valence-corrected chi connectivity index (χ1v) is 5.54. The van der Waals surface area contributed by atoms with Gasteiger partial charge >= 0.3 is 0 Å². The van der Waals surface area contributed by atoms with Crippen LogP contribution in [0.3, 0.4) is 0 Å². The lowest BCUT2D eigenvalue weighted by Crippen LogP contribution is -2.47. The standard InChI is InChI=1S/C11H20N4O2/c1-8(2)10(13)11(17)14-7-9(16)15(3)6-4-5-12/h8,10H,4,6-7,13H2,1-3H3,(H,14,17)/t10-/m0/s1. The molecule has 0 aliphatic rings. The molecule has 1 atom stereocenters. The van der Waals surface area contributed by atoms with Crippen molar-refractivity contribution in [3.05, 3.63) is 0 Å². The molecule has 0 aromatic carbocycles. The molecule has 2 amide bonds. The van der Waals surface area contributed by atoms with Crippen LogP contribution in [-0.4, -0.2) is 42.9 Å². The van der Waals surface area contributed by atoms with E-state index in [-0.39, 0.29) is 30.7 Å². The summed E-state index contributed by atoms with van der Waals surface area (Å²) in [6, 6.07) is 1.35. The fraction of sp³-hybridized carbons (Fsp3) is 0.727. The Hall–Kier alpha value is -1.61. The van der Waals surface area contributed by atoms with Crippen LogP contribution in [0.15, 0.2) is 0 Å². The lowest BCUT2D eigenvalue weighted by molar-refractivity contribution is -0.132. The van der Waals surface area contributed by atoms with Crippen molar-refractivity contribution in [3.8, 4) is 6.07 Å². The van der Waals surface area contributed by atoms with Crippen LogP contribution >= 0.6 is 0 Å². The summed E-state index contributed by atoms with van der Waals surface area (Å²) in [7, 11) is 1.59. The van der Waals surface area contributed by atoms with Gasteiger partial charge in [0.15, 0.2) is 0 Å². The van der Waals surface area contributed by atoms with Crippen LogP contribution in [0.2, 0.25) is 0 Å². The van der Waals surface area contributed by atoms with E-state index in [0.717, 1.165) is 0 Å². The monoisotopic (exact) mass is 240 g/mol. The van der Waals surface area contributed by atoms with Gasteiger partial charge in [-0.15, -0.1) is 0 Å². The number of nitrogens with one attached hydrogen (secondary N) is 1. The van der Waals surface area contributed by atoms with Crippen molar-refractivity contribution in [2.24, 2.45) is 11.7 Å². The molecule has 0 saturated heterocycles. The third-order valence-corrected chi connectivity index (χ3v) is 2.42. The van der Waals surface area contributed by atoms with Crippen LogP contribution in [0, 0.1) is 17.2 Å². The van der Waals surface area contributed by atoms with Gasteiger partial charge in [-0.2, -0.15) is 5.26 Å². The van der Waals surface area contributed by atoms with Crippen molar-refractivity contribution in [2.45, 2.75) is 26.3 Å². The fourth-order valence-corrected chi connectivity index (χ4v) is 1.06. The molecule has 0 spiro atoms. The summed E-state index contributed by atoms with van der Waals surface area (Å²) in [4.78, 5) is 24.4. The molecular formula is C11H20N4O2. The van der Waals surface area contributed by atoms with Gasteiger partial charge in [-0.25, -0.2) is 0 Å². The summed E-state index contributed by atoms with van der Waals surface area (Å²) < 4.78 is 0. The summed E-state index contributed by atoms with van der Waals surface area (Å²) in [6.45, 7) is 3.96. The van der Waals surface area contributed by atoms with Crippen LogP contribution in [0.5, 0.6) is 0 Å². The summed E-state index contributed by atoms with van der Waals surface area (Å²) >= 11 is 0. The van der Waals surface area contributed by atoms with E-state index in [1.165, 1.54) is 4.90 Å². The number of carbonyl (C=O) groups is 2. The molecule has 0 unspecified atom stereocenters. The predicted molar refractivity (Wildman–Crippen MR) is 63.7 cm³/mol. The van der Waals surface area contributed by atoms with Crippen molar-refractivity contribution in [3.63, 3.8) is 0 Å². The second-order valence-corrected chi connectivity index (χ2v) is 4.21. The SMILES string of the molecule is CC(C)[C@H](N)C(=O)NCC(=O)N(C)CCC#N. The van der Waals surface area contributed by atoms with E-state index in [9.17, 15) is 9.59 Å². The maximum atomic E-state index is 11.5. The van der Waals surface area contributed by atoms with Gasteiger partial charge < -0.3 is 16.0 Å². The highest BCUT2D eigenvalue weighted by atomic mass is 16.2. The minimum Gasteiger partial charge on any atom is -0.346 e. The summed E-state index contributed by atoms with van der Waals surface area (Å²) in [5.41, 5.74) is 5.62. The molecule has 0 fully saturated rings. The number of rotatable bonds is 6. The number of nitrogens with zero attached hydrogens (tertiary/aromatic N) is 2. The topological polar surface area (TPSA) is 99.2 Å². The van der Waals surface area contributed by atoms with Crippen LogP contribution in [0.4, 0.5) is 0 Å².